The van der Waals surface area contributed by atoms with Crippen molar-refractivity contribution in [1.29, 1.82) is 0 Å². The molecule has 0 amide bonds. The van der Waals surface area contributed by atoms with Crippen molar-refractivity contribution in [3.63, 3.8) is 0 Å². The molecule has 0 N–H and O–H groups in total. The Morgan fingerprint density at radius 3 is 2.33 bits per heavy atom. The second-order valence-corrected chi connectivity index (χ2v) is 2.87. The lowest BCUT2D eigenvalue weighted by molar-refractivity contribution is -0.275. The standard InChI is InChI=1S/C8H13ClO2.Al.H/c1-3-10-7-8(5-6-9)11-4-2;;/h5-6,9H,3-4H2,1-2H3;;/q+1;;. The van der Waals surface area contributed by atoms with Crippen LogP contribution in [0.25, 0.3) is 0 Å². The first-order valence-corrected chi connectivity index (χ1v) is 5.04. The summed E-state index contributed by atoms with van der Waals surface area (Å²) in [6.07, 6.45) is 1.73. The number of rotatable bonds is 5. The van der Waals surface area contributed by atoms with Gasteiger partial charge >= 0.3 is 0 Å². The minimum absolute atomic E-state index is 0.629. The highest BCUT2D eigenvalue weighted by Crippen LogP contribution is 2.06. The SMILES string of the molecule is CCO[C]([AlH])=C(C=C[ClH+])OCC. The van der Waals surface area contributed by atoms with Crippen LogP contribution in [0.5, 0.6) is 0 Å². The lowest BCUT2D eigenvalue weighted by Crippen LogP contribution is -1.99. The third-order valence-electron chi connectivity index (χ3n) is 1.11. The van der Waals surface area contributed by atoms with Crippen molar-refractivity contribution in [3.05, 3.63) is 22.0 Å². The van der Waals surface area contributed by atoms with Gasteiger partial charge in [-0.15, -0.1) is 0 Å². The number of hydrogen-bond donors (Lipinski definition) is 0. The monoisotopic (exact) mass is 204 g/mol. The molecule has 0 aliphatic heterocycles. The van der Waals surface area contributed by atoms with Gasteiger partial charge in [0, 0.05) is 10.7 Å². The molecule has 4 heteroatoms. The molecule has 0 aromatic carbocycles. The minimum atomic E-state index is 0.629. The Balaban J connectivity index is 4.31. The smallest absolute Gasteiger partial charge is 0.291 e. The molecule has 0 aromatic heterocycles. The zero-order chi connectivity index (χ0) is 9.40. The molecule has 0 bridgehead atoms. The van der Waals surface area contributed by atoms with Gasteiger partial charge in [-0.1, -0.05) is 0 Å². The Morgan fingerprint density at radius 2 is 1.92 bits per heavy atom. The van der Waals surface area contributed by atoms with E-state index in [4.69, 9.17) is 21.1 Å². The van der Waals surface area contributed by atoms with Gasteiger partial charge in [-0.2, -0.15) is 0 Å². The van der Waals surface area contributed by atoms with Crippen LogP contribution in [0.15, 0.2) is 22.0 Å². The van der Waals surface area contributed by atoms with Crippen LogP contribution in [0.3, 0.4) is 0 Å². The van der Waals surface area contributed by atoms with Crippen LogP contribution >= 0.6 is 0 Å². The van der Waals surface area contributed by atoms with Crippen LogP contribution in [-0.2, 0) is 9.47 Å². The van der Waals surface area contributed by atoms with Gasteiger partial charge in [0.1, 0.15) is 17.4 Å². The Labute approximate surface area is 86.6 Å². The molecular formula is C8H14AlClO2+. The molecule has 0 aromatic rings. The molecule has 1 radical (unpaired) electrons. The zero-order valence-corrected chi connectivity index (χ0v) is 9.73. The van der Waals surface area contributed by atoms with Gasteiger partial charge in [-0.3, -0.25) is 0 Å². The Morgan fingerprint density at radius 1 is 1.33 bits per heavy atom. The van der Waals surface area contributed by atoms with Crippen molar-refractivity contribution in [2.45, 2.75) is 13.8 Å². The van der Waals surface area contributed by atoms with E-state index in [0.717, 1.165) is 10.4 Å². The van der Waals surface area contributed by atoms with Crippen LogP contribution < -0.4 is 0 Å². The first kappa shape index (κ1) is 11.9. The normalized spacial score (nSPS) is 12.9. The largest absolute Gasteiger partial charge is 0.515 e. The highest BCUT2D eigenvalue weighted by molar-refractivity contribution is 6.20. The van der Waals surface area contributed by atoms with Crippen molar-refractivity contribution in [2.75, 3.05) is 13.2 Å². The van der Waals surface area contributed by atoms with E-state index >= 15 is 0 Å². The highest BCUT2D eigenvalue weighted by Gasteiger charge is 1.99. The maximum absolute atomic E-state index is 5.30. The summed E-state index contributed by atoms with van der Waals surface area (Å²) in [5.41, 5.74) is 1.53. The molecular weight excluding hydrogens is 191 g/mol. The van der Waals surface area contributed by atoms with Crippen molar-refractivity contribution >= 4 is 16.3 Å². The molecule has 0 rings (SSSR count). The molecule has 0 atom stereocenters. The number of halogens is 1. The summed E-state index contributed by atoms with van der Waals surface area (Å²) in [6, 6.07) is 0. The summed E-state index contributed by atoms with van der Waals surface area (Å²) in [5.74, 6) is 0.729. The van der Waals surface area contributed by atoms with Gasteiger partial charge in [0.2, 0.25) is 0 Å². The number of hydrogen-bond acceptors (Lipinski definition) is 2. The topological polar surface area (TPSA) is 18.5 Å². The van der Waals surface area contributed by atoms with E-state index < -0.39 is 0 Å². The Hall–Kier alpha value is -0.0975. The maximum atomic E-state index is 5.30. The summed E-state index contributed by atoms with van der Waals surface area (Å²) in [4.78, 5) is 0. The van der Waals surface area contributed by atoms with Gasteiger partial charge in [-0.05, 0) is 13.8 Å². The maximum Gasteiger partial charge on any atom is 0.291 e. The van der Waals surface area contributed by atoms with E-state index in [1.54, 1.807) is 22.4 Å². The van der Waals surface area contributed by atoms with Crippen molar-refractivity contribution in [3.8, 4) is 0 Å². The van der Waals surface area contributed by atoms with Gasteiger partial charge in [-0.25, -0.2) is 0 Å². The lowest BCUT2D eigenvalue weighted by atomic mass is 10.5. The van der Waals surface area contributed by atoms with E-state index in [2.05, 4.69) is 0 Å². The van der Waals surface area contributed by atoms with E-state index in [9.17, 15) is 0 Å². The third kappa shape index (κ3) is 4.71. The second-order valence-electron chi connectivity index (χ2n) is 1.96. The molecule has 0 fully saturated rings. The van der Waals surface area contributed by atoms with Crippen LogP contribution in [0.2, 0.25) is 0 Å². The fourth-order valence-corrected chi connectivity index (χ4v) is 1.23. The minimum Gasteiger partial charge on any atom is -0.515 e. The van der Waals surface area contributed by atoms with Crippen LogP contribution in [0, 0.1) is 11.6 Å². The molecule has 12 heavy (non-hydrogen) atoms. The molecule has 0 saturated heterocycles. The number of ether oxygens (including phenoxy) is 2. The first-order chi connectivity index (χ1) is 5.76. The first-order valence-electron chi connectivity index (χ1n) is 3.86. The summed E-state index contributed by atoms with van der Waals surface area (Å²) in [7, 11) is 0. The number of allylic oxidation sites excluding steroid dienone is 1. The summed E-state index contributed by atoms with van der Waals surface area (Å²) in [5, 5.41) is 0. The molecule has 67 valence electrons. The van der Waals surface area contributed by atoms with Crippen molar-refractivity contribution in [2.24, 2.45) is 0 Å². The summed E-state index contributed by atoms with van der Waals surface area (Å²) in [6.45, 7) is 5.15. The Kier molecular flexibility index (Phi) is 7.49. The molecule has 0 saturated carbocycles. The summed E-state index contributed by atoms with van der Waals surface area (Å²) < 4.78 is 11.4. The fraction of sp³-hybridized carbons (Fsp3) is 0.500. The van der Waals surface area contributed by atoms with Gasteiger partial charge in [0.15, 0.2) is 5.54 Å². The average Bonchev–Trinajstić information content (AvgIpc) is 2.04. The van der Waals surface area contributed by atoms with Crippen molar-refractivity contribution in [1.82, 2.24) is 0 Å². The van der Waals surface area contributed by atoms with Crippen LogP contribution in [0.4, 0.5) is 0 Å². The molecule has 0 aliphatic carbocycles. The van der Waals surface area contributed by atoms with E-state index in [-0.39, 0.29) is 0 Å². The molecule has 0 unspecified atom stereocenters. The van der Waals surface area contributed by atoms with Crippen molar-refractivity contribution < 1.29 is 21.1 Å². The fourth-order valence-electron chi connectivity index (χ4n) is 0.684. The molecule has 0 spiro atoms. The predicted molar refractivity (Wildman–Crippen MR) is 48.0 cm³/mol. The third-order valence-corrected chi connectivity index (χ3v) is 1.80. The predicted octanol–water partition coefficient (Wildman–Crippen LogP) is 0.925. The van der Waals surface area contributed by atoms with E-state index in [0.29, 0.717) is 13.2 Å². The Bertz CT molecular complexity index is 178. The van der Waals surface area contributed by atoms with Gasteiger partial charge < -0.3 is 9.47 Å². The van der Waals surface area contributed by atoms with Crippen LogP contribution in [-0.4, -0.2) is 29.5 Å². The van der Waals surface area contributed by atoms with Crippen LogP contribution in [0.1, 0.15) is 13.8 Å². The summed E-state index contributed by atoms with van der Waals surface area (Å²) >= 11 is 6.36. The zero-order valence-electron chi connectivity index (χ0n) is 7.50. The van der Waals surface area contributed by atoms with Gasteiger partial charge in [0.25, 0.3) is 16.3 Å². The second kappa shape index (κ2) is 7.55. The molecule has 0 heterocycles. The highest BCUT2D eigenvalue weighted by atomic mass is 35.5. The van der Waals surface area contributed by atoms with E-state index in [1.807, 2.05) is 13.8 Å². The lowest BCUT2D eigenvalue weighted by Gasteiger charge is -2.09. The van der Waals surface area contributed by atoms with E-state index in [1.165, 1.54) is 5.54 Å². The molecule has 0 aliphatic rings. The quantitative estimate of drug-likeness (QED) is 0.377. The molecule has 2 nitrogen and oxygen atoms in total. The van der Waals surface area contributed by atoms with Gasteiger partial charge in [0.05, 0.1) is 13.2 Å². The average molecular weight is 205 g/mol.